The molecule has 0 radical (unpaired) electrons. The maximum atomic E-state index is 3.64. The second-order valence-electron chi connectivity index (χ2n) is 3.88. The molecule has 78 valence electrons. The highest BCUT2D eigenvalue weighted by Crippen LogP contribution is 2.22. The molecule has 0 aliphatic carbocycles. The zero-order chi connectivity index (χ0) is 9.97. The molecule has 0 aromatic carbocycles. The van der Waals surface area contributed by atoms with Crippen LogP contribution >= 0.6 is 23.1 Å². The van der Waals surface area contributed by atoms with Gasteiger partial charge in [0.1, 0.15) is 0 Å². The fourth-order valence-electron chi connectivity index (χ4n) is 1.81. The highest BCUT2D eigenvalue weighted by Gasteiger charge is 2.14. The standard InChI is InChI=1S/C11H17NS2/c1-8-5-10(9(2)14-8)6-12-11-3-4-13-7-11/h5,11-12H,3-4,6-7H2,1-2H3. The summed E-state index contributed by atoms with van der Waals surface area (Å²) in [6.07, 6.45) is 1.34. The van der Waals surface area contributed by atoms with Crippen LogP contribution in [0.5, 0.6) is 0 Å². The molecule has 1 aromatic heterocycles. The summed E-state index contributed by atoms with van der Waals surface area (Å²) in [5.41, 5.74) is 1.49. The van der Waals surface area contributed by atoms with Gasteiger partial charge in [0.2, 0.25) is 0 Å². The summed E-state index contributed by atoms with van der Waals surface area (Å²) in [5.74, 6) is 2.63. The van der Waals surface area contributed by atoms with Gasteiger partial charge in [-0.05, 0) is 37.7 Å². The van der Waals surface area contributed by atoms with E-state index < -0.39 is 0 Å². The van der Waals surface area contributed by atoms with Crippen LogP contribution in [-0.4, -0.2) is 17.5 Å². The smallest absolute Gasteiger partial charge is 0.0219 e. The molecule has 2 heterocycles. The molecule has 1 aromatic rings. The lowest BCUT2D eigenvalue weighted by Crippen LogP contribution is -2.27. The first-order valence-electron chi connectivity index (χ1n) is 5.13. The Labute approximate surface area is 94.3 Å². The molecule has 1 atom stereocenters. The Hall–Kier alpha value is 0.01000. The lowest BCUT2D eigenvalue weighted by atomic mass is 10.2. The van der Waals surface area contributed by atoms with Crippen LogP contribution in [0.2, 0.25) is 0 Å². The van der Waals surface area contributed by atoms with Crippen LogP contribution in [-0.2, 0) is 6.54 Å². The van der Waals surface area contributed by atoms with Gasteiger partial charge in [0.15, 0.2) is 0 Å². The third-order valence-corrected chi connectivity index (χ3v) is 4.83. The van der Waals surface area contributed by atoms with E-state index in [2.05, 4.69) is 37.0 Å². The van der Waals surface area contributed by atoms with E-state index in [1.54, 1.807) is 0 Å². The molecule has 0 bridgehead atoms. The number of hydrogen-bond acceptors (Lipinski definition) is 3. The highest BCUT2D eigenvalue weighted by molar-refractivity contribution is 7.99. The first-order chi connectivity index (χ1) is 6.75. The Morgan fingerprint density at radius 3 is 2.93 bits per heavy atom. The molecule has 1 aliphatic heterocycles. The van der Waals surface area contributed by atoms with Crippen molar-refractivity contribution in [2.45, 2.75) is 32.9 Å². The second kappa shape index (κ2) is 4.69. The van der Waals surface area contributed by atoms with Crippen molar-refractivity contribution in [1.29, 1.82) is 0 Å². The predicted molar refractivity (Wildman–Crippen MR) is 66.4 cm³/mol. The Balaban J connectivity index is 1.87. The van der Waals surface area contributed by atoms with E-state index in [0.717, 1.165) is 12.6 Å². The fraction of sp³-hybridized carbons (Fsp3) is 0.636. The quantitative estimate of drug-likeness (QED) is 0.852. The molecule has 3 heteroatoms. The van der Waals surface area contributed by atoms with Gasteiger partial charge in [-0.25, -0.2) is 0 Å². The monoisotopic (exact) mass is 227 g/mol. The second-order valence-corrected chi connectivity index (χ2v) is 6.49. The van der Waals surface area contributed by atoms with Gasteiger partial charge in [0.25, 0.3) is 0 Å². The van der Waals surface area contributed by atoms with Gasteiger partial charge >= 0.3 is 0 Å². The van der Waals surface area contributed by atoms with Crippen LogP contribution in [0.1, 0.15) is 21.7 Å². The van der Waals surface area contributed by atoms with Crippen molar-refractivity contribution in [3.8, 4) is 0 Å². The van der Waals surface area contributed by atoms with E-state index in [1.165, 1.54) is 33.2 Å². The van der Waals surface area contributed by atoms with E-state index >= 15 is 0 Å². The molecule has 0 amide bonds. The molecule has 2 rings (SSSR count). The molecule has 1 fully saturated rings. The molecule has 1 aliphatic rings. The van der Waals surface area contributed by atoms with Crippen LogP contribution in [0.25, 0.3) is 0 Å². The highest BCUT2D eigenvalue weighted by atomic mass is 32.2. The van der Waals surface area contributed by atoms with Crippen LogP contribution in [0, 0.1) is 13.8 Å². The van der Waals surface area contributed by atoms with Gasteiger partial charge < -0.3 is 5.32 Å². The van der Waals surface area contributed by atoms with Gasteiger partial charge in [-0.2, -0.15) is 11.8 Å². The predicted octanol–water partition coefficient (Wildman–Crippen LogP) is 2.96. The van der Waals surface area contributed by atoms with Crippen LogP contribution in [0.4, 0.5) is 0 Å². The summed E-state index contributed by atoms with van der Waals surface area (Å²) in [7, 11) is 0. The van der Waals surface area contributed by atoms with Gasteiger partial charge in [0.05, 0.1) is 0 Å². The topological polar surface area (TPSA) is 12.0 Å². The normalized spacial score (nSPS) is 21.7. The molecule has 1 saturated heterocycles. The van der Waals surface area contributed by atoms with E-state index in [1.807, 2.05) is 11.3 Å². The third-order valence-electron chi connectivity index (χ3n) is 2.65. The lowest BCUT2D eigenvalue weighted by Gasteiger charge is -2.10. The Kier molecular flexibility index (Phi) is 3.52. The molecular formula is C11H17NS2. The van der Waals surface area contributed by atoms with Crippen molar-refractivity contribution in [2.24, 2.45) is 0 Å². The minimum Gasteiger partial charge on any atom is -0.309 e. The van der Waals surface area contributed by atoms with Gasteiger partial charge in [0, 0.05) is 28.1 Å². The van der Waals surface area contributed by atoms with Gasteiger partial charge in [-0.15, -0.1) is 11.3 Å². The zero-order valence-corrected chi connectivity index (χ0v) is 10.4. The Morgan fingerprint density at radius 2 is 2.36 bits per heavy atom. The van der Waals surface area contributed by atoms with E-state index in [0.29, 0.717) is 0 Å². The van der Waals surface area contributed by atoms with Gasteiger partial charge in [-0.3, -0.25) is 0 Å². The number of nitrogens with one attached hydrogen (secondary N) is 1. The summed E-state index contributed by atoms with van der Waals surface area (Å²) in [6, 6.07) is 3.06. The maximum absolute atomic E-state index is 3.64. The summed E-state index contributed by atoms with van der Waals surface area (Å²) in [4.78, 5) is 2.90. The van der Waals surface area contributed by atoms with Crippen LogP contribution in [0.15, 0.2) is 6.07 Å². The Morgan fingerprint density at radius 1 is 1.50 bits per heavy atom. The SMILES string of the molecule is Cc1cc(CNC2CCSC2)c(C)s1. The summed E-state index contributed by atoms with van der Waals surface area (Å²) in [6.45, 7) is 5.46. The first kappa shape index (κ1) is 10.5. The number of hydrogen-bond donors (Lipinski definition) is 1. The largest absolute Gasteiger partial charge is 0.309 e. The number of thiophene rings is 1. The average Bonchev–Trinajstić information content (AvgIpc) is 2.72. The van der Waals surface area contributed by atoms with E-state index in [9.17, 15) is 0 Å². The van der Waals surface area contributed by atoms with Crippen molar-refractivity contribution in [2.75, 3.05) is 11.5 Å². The maximum Gasteiger partial charge on any atom is 0.0219 e. The number of rotatable bonds is 3. The van der Waals surface area contributed by atoms with Crippen molar-refractivity contribution in [3.05, 3.63) is 21.4 Å². The zero-order valence-electron chi connectivity index (χ0n) is 8.80. The van der Waals surface area contributed by atoms with Crippen molar-refractivity contribution in [1.82, 2.24) is 5.32 Å². The molecule has 14 heavy (non-hydrogen) atoms. The molecule has 0 saturated carbocycles. The molecule has 0 spiro atoms. The lowest BCUT2D eigenvalue weighted by molar-refractivity contribution is 0.557. The molecular weight excluding hydrogens is 210 g/mol. The molecule has 1 N–H and O–H groups in total. The fourth-order valence-corrected chi connectivity index (χ4v) is 3.94. The van der Waals surface area contributed by atoms with Gasteiger partial charge in [-0.1, -0.05) is 0 Å². The molecule has 1 nitrogen and oxygen atoms in total. The summed E-state index contributed by atoms with van der Waals surface area (Å²) >= 11 is 3.97. The number of aryl methyl sites for hydroxylation is 2. The van der Waals surface area contributed by atoms with Crippen molar-refractivity contribution in [3.63, 3.8) is 0 Å². The van der Waals surface area contributed by atoms with E-state index in [-0.39, 0.29) is 0 Å². The van der Waals surface area contributed by atoms with Crippen molar-refractivity contribution >= 4 is 23.1 Å². The van der Waals surface area contributed by atoms with E-state index in [4.69, 9.17) is 0 Å². The molecule has 1 unspecified atom stereocenters. The summed E-state index contributed by atoms with van der Waals surface area (Å²) < 4.78 is 0. The van der Waals surface area contributed by atoms with Crippen molar-refractivity contribution < 1.29 is 0 Å². The summed E-state index contributed by atoms with van der Waals surface area (Å²) in [5, 5.41) is 3.64. The average molecular weight is 227 g/mol. The van der Waals surface area contributed by atoms with Crippen LogP contribution in [0.3, 0.4) is 0 Å². The minimum absolute atomic E-state index is 0.750. The third kappa shape index (κ3) is 2.53. The minimum atomic E-state index is 0.750. The first-order valence-corrected chi connectivity index (χ1v) is 7.10. The van der Waals surface area contributed by atoms with Crippen LogP contribution < -0.4 is 5.32 Å². The Bertz CT molecular complexity index is 300. The number of thioether (sulfide) groups is 1.